The molecule has 86 valence electrons. The van der Waals surface area contributed by atoms with Gasteiger partial charge >= 0.3 is 5.97 Å². The number of methoxy groups -OCH3 is 1. The Hall–Kier alpha value is -1.63. The maximum atomic E-state index is 11.2. The number of nitrogens with one attached hydrogen (secondary N) is 2. The molecule has 1 aliphatic heterocycles. The zero-order valence-electron chi connectivity index (χ0n) is 8.65. The smallest absolute Gasteiger partial charge is 0.349 e. The summed E-state index contributed by atoms with van der Waals surface area (Å²) < 4.78 is 4.57. The first-order valence-corrected chi connectivity index (χ1v) is 5.58. The molecule has 0 spiro atoms. The van der Waals surface area contributed by atoms with Gasteiger partial charge < -0.3 is 15.4 Å². The predicted molar refractivity (Wildman–Crippen MR) is 58.5 cm³/mol. The number of amides is 1. The largest absolute Gasteiger partial charge is 0.465 e. The Kier molecular flexibility index (Phi) is 3.04. The lowest BCUT2D eigenvalue weighted by molar-refractivity contribution is -0.119. The minimum atomic E-state index is -0.397. The number of anilines is 1. The van der Waals surface area contributed by atoms with Crippen molar-refractivity contribution in [3.63, 3.8) is 0 Å². The van der Waals surface area contributed by atoms with Crippen molar-refractivity contribution in [3.8, 4) is 0 Å². The van der Waals surface area contributed by atoms with Crippen LogP contribution in [0.1, 0.15) is 16.1 Å². The molecule has 1 aliphatic rings. The molecule has 0 aliphatic carbocycles. The van der Waals surface area contributed by atoms with Crippen molar-refractivity contribution < 1.29 is 14.3 Å². The molecule has 1 aromatic rings. The number of hydrogen-bond donors (Lipinski definition) is 2. The third-order valence-corrected chi connectivity index (χ3v) is 3.11. The van der Waals surface area contributed by atoms with Crippen LogP contribution in [0.3, 0.4) is 0 Å². The summed E-state index contributed by atoms with van der Waals surface area (Å²) in [5, 5.41) is 6.43. The van der Waals surface area contributed by atoms with Gasteiger partial charge in [-0.1, -0.05) is 11.3 Å². The van der Waals surface area contributed by atoms with Crippen LogP contribution >= 0.6 is 11.3 Å². The highest BCUT2D eigenvalue weighted by atomic mass is 32.1. The molecule has 1 saturated heterocycles. The lowest BCUT2D eigenvalue weighted by atomic mass is 10.3. The summed E-state index contributed by atoms with van der Waals surface area (Å²) in [6.45, 7) is 0.589. The van der Waals surface area contributed by atoms with Crippen LogP contribution in [-0.2, 0) is 9.53 Å². The van der Waals surface area contributed by atoms with Gasteiger partial charge in [0.05, 0.1) is 19.3 Å². The van der Waals surface area contributed by atoms with E-state index in [-0.39, 0.29) is 11.9 Å². The number of rotatable bonds is 3. The maximum absolute atomic E-state index is 11.2. The van der Waals surface area contributed by atoms with Gasteiger partial charge in [-0.2, -0.15) is 0 Å². The molecule has 7 heteroatoms. The van der Waals surface area contributed by atoms with Crippen molar-refractivity contribution in [1.82, 2.24) is 10.3 Å². The Morgan fingerprint density at radius 1 is 1.75 bits per heavy atom. The van der Waals surface area contributed by atoms with E-state index in [4.69, 9.17) is 0 Å². The number of esters is 1. The van der Waals surface area contributed by atoms with E-state index in [9.17, 15) is 9.59 Å². The number of carbonyl (C=O) groups is 2. The van der Waals surface area contributed by atoms with Crippen molar-refractivity contribution in [2.45, 2.75) is 12.5 Å². The number of carbonyl (C=O) groups excluding carboxylic acids is 2. The average Bonchev–Trinajstić information content (AvgIpc) is 2.87. The van der Waals surface area contributed by atoms with Gasteiger partial charge in [0.1, 0.15) is 4.88 Å². The second-order valence-corrected chi connectivity index (χ2v) is 4.40. The molecule has 0 radical (unpaired) electrons. The van der Waals surface area contributed by atoms with Crippen molar-refractivity contribution in [3.05, 3.63) is 11.1 Å². The van der Waals surface area contributed by atoms with Gasteiger partial charge in [-0.25, -0.2) is 9.78 Å². The van der Waals surface area contributed by atoms with E-state index in [0.29, 0.717) is 23.0 Å². The molecular formula is C9H11N3O3S. The molecule has 1 atom stereocenters. The van der Waals surface area contributed by atoms with Gasteiger partial charge in [-0.05, 0) is 0 Å². The lowest BCUT2D eigenvalue weighted by Crippen LogP contribution is -2.22. The summed E-state index contributed by atoms with van der Waals surface area (Å²) in [6, 6.07) is 0.0455. The molecule has 1 amide bonds. The molecule has 6 nitrogen and oxygen atoms in total. The zero-order valence-corrected chi connectivity index (χ0v) is 9.47. The van der Waals surface area contributed by atoms with Crippen LogP contribution in [0.5, 0.6) is 0 Å². The van der Waals surface area contributed by atoms with E-state index in [2.05, 4.69) is 20.4 Å². The SMILES string of the molecule is COC(=O)c1cnc(NC2CNC(=O)C2)s1. The molecule has 0 bridgehead atoms. The van der Waals surface area contributed by atoms with Crippen LogP contribution in [0.15, 0.2) is 6.20 Å². The lowest BCUT2D eigenvalue weighted by Gasteiger charge is -2.07. The van der Waals surface area contributed by atoms with Crippen LogP contribution in [0.4, 0.5) is 5.13 Å². The third-order valence-electron chi connectivity index (χ3n) is 2.20. The molecule has 2 heterocycles. The highest BCUT2D eigenvalue weighted by molar-refractivity contribution is 7.17. The van der Waals surface area contributed by atoms with Gasteiger partial charge in [0.15, 0.2) is 5.13 Å². The second kappa shape index (κ2) is 4.48. The highest BCUT2D eigenvalue weighted by Crippen LogP contribution is 2.20. The molecule has 1 unspecified atom stereocenters. The monoisotopic (exact) mass is 241 g/mol. The summed E-state index contributed by atoms with van der Waals surface area (Å²) in [5.41, 5.74) is 0. The minimum Gasteiger partial charge on any atom is -0.465 e. The number of thiazole rings is 1. The topological polar surface area (TPSA) is 80.3 Å². The Morgan fingerprint density at radius 2 is 2.56 bits per heavy atom. The molecule has 2 rings (SSSR count). The first-order chi connectivity index (χ1) is 7.69. The van der Waals surface area contributed by atoms with Crippen LogP contribution < -0.4 is 10.6 Å². The van der Waals surface area contributed by atoms with E-state index in [1.165, 1.54) is 24.6 Å². The van der Waals surface area contributed by atoms with Crippen LogP contribution in [0.25, 0.3) is 0 Å². The molecule has 16 heavy (non-hydrogen) atoms. The molecule has 1 aromatic heterocycles. The first-order valence-electron chi connectivity index (χ1n) is 4.76. The summed E-state index contributed by atoms with van der Waals surface area (Å²) in [4.78, 5) is 26.6. The minimum absolute atomic E-state index is 0.0299. The van der Waals surface area contributed by atoms with E-state index in [0.717, 1.165) is 0 Å². The van der Waals surface area contributed by atoms with Crippen LogP contribution in [0.2, 0.25) is 0 Å². The molecule has 0 aromatic carbocycles. The Bertz CT molecular complexity index is 418. The van der Waals surface area contributed by atoms with Gasteiger partial charge in [-0.15, -0.1) is 0 Å². The normalized spacial score (nSPS) is 19.3. The van der Waals surface area contributed by atoms with Gasteiger partial charge in [0.2, 0.25) is 5.91 Å². The van der Waals surface area contributed by atoms with Gasteiger partial charge in [0.25, 0.3) is 0 Å². The van der Waals surface area contributed by atoms with Gasteiger partial charge in [-0.3, -0.25) is 4.79 Å². The molecular weight excluding hydrogens is 230 g/mol. The number of ether oxygens (including phenoxy) is 1. The number of aromatic nitrogens is 1. The second-order valence-electron chi connectivity index (χ2n) is 3.37. The van der Waals surface area contributed by atoms with E-state index < -0.39 is 5.97 Å². The number of hydrogen-bond acceptors (Lipinski definition) is 6. The number of nitrogens with zero attached hydrogens (tertiary/aromatic N) is 1. The molecule has 1 fully saturated rings. The third kappa shape index (κ3) is 2.30. The standard InChI is InChI=1S/C9H11N3O3S/c1-15-8(14)6-4-11-9(16-6)12-5-2-7(13)10-3-5/h4-5H,2-3H2,1H3,(H,10,13)(H,11,12). The fourth-order valence-corrected chi connectivity index (χ4v) is 2.23. The fourth-order valence-electron chi connectivity index (χ4n) is 1.42. The summed E-state index contributed by atoms with van der Waals surface area (Å²) >= 11 is 1.22. The Morgan fingerprint density at radius 3 is 3.19 bits per heavy atom. The van der Waals surface area contributed by atoms with E-state index in [1.54, 1.807) is 0 Å². The first kappa shape index (κ1) is 10.9. The van der Waals surface area contributed by atoms with Crippen molar-refractivity contribution in [2.75, 3.05) is 19.0 Å². The van der Waals surface area contributed by atoms with Crippen molar-refractivity contribution in [1.29, 1.82) is 0 Å². The van der Waals surface area contributed by atoms with Crippen LogP contribution in [0, 0.1) is 0 Å². The van der Waals surface area contributed by atoms with Crippen LogP contribution in [-0.4, -0.2) is 36.6 Å². The summed E-state index contributed by atoms with van der Waals surface area (Å²) in [6.07, 6.45) is 1.90. The van der Waals surface area contributed by atoms with Crippen molar-refractivity contribution in [2.24, 2.45) is 0 Å². The Balaban J connectivity index is 1.97. The molecule has 2 N–H and O–H groups in total. The fraction of sp³-hybridized carbons (Fsp3) is 0.444. The predicted octanol–water partition coefficient (Wildman–Crippen LogP) is 0.230. The van der Waals surface area contributed by atoms with E-state index >= 15 is 0 Å². The zero-order chi connectivity index (χ0) is 11.5. The van der Waals surface area contributed by atoms with Crippen molar-refractivity contribution >= 4 is 28.3 Å². The highest BCUT2D eigenvalue weighted by Gasteiger charge is 2.22. The summed E-state index contributed by atoms with van der Waals surface area (Å²) in [7, 11) is 1.33. The van der Waals surface area contributed by atoms with Gasteiger partial charge in [0, 0.05) is 13.0 Å². The maximum Gasteiger partial charge on any atom is 0.349 e. The average molecular weight is 241 g/mol. The van der Waals surface area contributed by atoms with E-state index in [1.807, 2.05) is 0 Å². The summed E-state index contributed by atoms with van der Waals surface area (Å²) in [5.74, 6) is -0.367. The molecule has 0 saturated carbocycles. The quantitative estimate of drug-likeness (QED) is 0.740. The Labute approximate surface area is 96.0 Å².